The number of nitrogens with zero attached hydrogens (tertiary/aromatic N) is 2. The maximum atomic E-state index is 12.3. The second-order valence-corrected chi connectivity index (χ2v) is 11.2. The third-order valence-electron chi connectivity index (χ3n) is 6.44. The van der Waals surface area contributed by atoms with Gasteiger partial charge in [-0.15, -0.1) is 0 Å². The third kappa shape index (κ3) is 5.68. The molecule has 1 saturated carbocycles. The Labute approximate surface area is 186 Å². The Kier molecular flexibility index (Phi) is 6.76. The molecule has 1 saturated heterocycles. The molecular weight excluding hydrogens is 400 g/mol. The molecule has 1 aliphatic heterocycles. The lowest BCUT2D eigenvalue weighted by Gasteiger charge is -2.49. The van der Waals surface area contributed by atoms with E-state index < -0.39 is 11.2 Å². The molecule has 1 aromatic rings. The quantitative estimate of drug-likeness (QED) is 0.731. The van der Waals surface area contributed by atoms with Crippen LogP contribution >= 0.6 is 11.6 Å². The molecule has 0 spiro atoms. The maximum Gasteiger partial charge on any atom is 0.410 e. The summed E-state index contributed by atoms with van der Waals surface area (Å²) >= 11 is 6.09. The van der Waals surface area contributed by atoms with Crippen LogP contribution in [-0.2, 0) is 10.3 Å². The molecule has 2 unspecified atom stereocenters. The molecule has 0 aromatic heterocycles. The minimum atomic E-state index is -0.866. The van der Waals surface area contributed by atoms with E-state index in [1.54, 1.807) is 4.90 Å². The van der Waals surface area contributed by atoms with Gasteiger partial charge in [-0.2, -0.15) is 0 Å². The molecule has 5 nitrogen and oxygen atoms in total. The molecule has 1 aliphatic carbocycles. The van der Waals surface area contributed by atoms with Crippen LogP contribution in [0.2, 0.25) is 5.02 Å². The number of hydrogen-bond donors (Lipinski definition) is 1. The number of carbonyl (C=O) groups excluding carboxylic acids is 1. The Morgan fingerprint density at radius 2 is 1.77 bits per heavy atom. The van der Waals surface area contributed by atoms with Gasteiger partial charge in [-0.1, -0.05) is 37.6 Å². The number of aliphatic hydroxyl groups is 1. The number of rotatable bonds is 3. The van der Waals surface area contributed by atoms with E-state index in [1.807, 2.05) is 45.0 Å². The highest BCUT2D eigenvalue weighted by Gasteiger charge is 2.47. The highest BCUT2D eigenvalue weighted by molar-refractivity contribution is 6.30. The summed E-state index contributed by atoms with van der Waals surface area (Å²) in [5.41, 5.74) is -0.287. The van der Waals surface area contributed by atoms with Gasteiger partial charge in [0.2, 0.25) is 0 Å². The fourth-order valence-corrected chi connectivity index (χ4v) is 4.96. The molecule has 3 rings (SSSR count). The lowest BCUT2D eigenvalue weighted by molar-refractivity contribution is -0.103. The van der Waals surface area contributed by atoms with E-state index >= 15 is 0 Å². The summed E-state index contributed by atoms with van der Waals surface area (Å²) < 4.78 is 5.50. The van der Waals surface area contributed by atoms with Crippen molar-refractivity contribution < 1.29 is 14.6 Å². The first-order chi connectivity index (χ1) is 13.9. The average Bonchev–Trinajstić information content (AvgIpc) is 2.63. The molecular formula is C24H37ClN2O3. The number of hydrogen-bond acceptors (Lipinski definition) is 4. The number of piperazine rings is 1. The Bertz CT molecular complexity index is 736. The molecule has 168 valence electrons. The molecule has 0 bridgehead atoms. The van der Waals surface area contributed by atoms with Crippen LogP contribution in [-0.4, -0.2) is 59.3 Å². The van der Waals surface area contributed by atoms with Crippen molar-refractivity contribution in [2.45, 2.75) is 65.1 Å². The van der Waals surface area contributed by atoms with Crippen molar-refractivity contribution in [3.63, 3.8) is 0 Å². The zero-order chi connectivity index (χ0) is 22.2. The first-order valence-electron chi connectivity index (χ1n) is 11.1. The van der Waals surface area contributed by atoms with E-state index in [0.717, 1.165) is 44.5 Å². The van der Waals surface area contributed by atoms with E-state index in [4.69, 9.17) is 16.3 Å². The summed E-state index contributed by atoms with van der Waals surface area (Å²) in [7, 11) is 0. The molecule has 2 atom stereocenters. The van der Waals surface area contributed by atoms with E-state index in [-0.39, 0.29) is 17.4 Å². The molecule has 2 aliphatic rings. The van der Waals surface area contributed by atoms with Crippen molar-refractivity contribution in [2.24, 2.45) is 11.3 Å². The molecule has 2 fully saturated rings. The van der Waals surface area contributed by atoms with Crippen molar-refractivity contribution in [2.75, 3.05) is 32.7 Å². The summed E-state index contributed by atoms with van der Waals surface area (Å²) in [5, 5.41) is 12.6. The van der Waals surface area contributed by atoms with Gasteiger partial charge in [0.25, 0.3) is 0 Å². The van der Waals surface area contributed by atoms with Crippen LogP contribution in [0.4, 0.5) is 4.79 Å². The lowest BCUT2D eigenvalue weighted by atomic mass is 9.62. The zero-order valence-electron chi connectivity index (χ0n) is 19.1. The lowest BCUT2D eigenvalue weighted by Crippen LogP contribution is -2.54. The molecule has 1 heterocycles. The van der Waals surface area contributed by atoms with E-state index in [1.165, 1.54) is 0 Å². The van der Waals surface area contributed by atoms with E-state index in [0.29, 0.717) is 18.1 Å². The number of carbonyl (C=O) groups is 1. The first kappa shape index (κ1) is 23.4. The van der Waals surface area contributed by atoms with Crippen LogP contribution in [0.3, 0.4) is 0 Å². The van der Waals surface area contributed by atoms with Crippen molar-refractivity contribution in [3.8, 4) is 0 Å². The molecule has 0 radical (unpaired) electrons. The largest absolute Gasteiger partial charge is 0.444 e. The Morgan fingerprint density at radius 1 is 1.17 bits per heavy atom. The van der Waals surface area contributed by atoms with Crippen molar-refractivity contribution >= 4 is 17.7 Å². The second-order valence-electron chi connectivity index (χ2n) is 10.8. The Balaban J connectivity index is 1.66. The predicted molar refractivity (Wildman–Crippen MR) is 121 cm³/mol. The highest BCUT2D eigenvalue weighted by Crippen LogP contribution is 2.50. The van der Waals surface area contributed by atoms with Crippen molar-refractivity contribution in [1.82, 2.24) is 9.80 Å². The SMILES string of the molecule is CC1(C)CCC(CN2CCN(C(=O)OC(C)(C)C)CC2)C(O)(c2ccc(Cl)cc2)C1. The van der Waals surface area contributed by atoms with Gasteiger partial charge in [-0.25, -0.2) is 4.79 Å². The van der Waals surface area contributed by atoms with Gasteiger partial charge in [0.05, 0.1) is 5.60 Å². The summed E-state index contributed by atoms with van der Waals surface area (Å²) in [5.74, 6) is 0.153. The fraction of sp³-hybridized carbons (Fsp3) is 0.708. The van der Waals surface area contributed by atoms with Crippen LogP contribution in [0.25, 0.3) is 0 Å². The third-order valence-corrected chi connectivity index (χ3v) is 6.69. The van der Waals surface area contributed by atoms with E-state index in [2.05, 4.69) is 18.7 Å². The molecule has 1 aromatic carbocycles. The Morgan fingerprint density at radius 3 is 2.33 bits per heavy atom. The summed E-state index contributed by atoms with van der Waals surface area (Å²) in [6, 6.07) is 7.68. The monoisotopic (exact) mass is 436 g/mol. The minimum absolute atomic E-state index is 0.0975. The van der Waals surface area contributed by atoms with Gasteiger partial charge in [-0.3, -0.25) is 4.90 Å². The zero-order valence-corrected chi connectivity index (χ0v) is 19.8. The molecule has 30 heavy (non-hydrogen) atoms. The topological polar surface area (TPSA) is 53.0 Å². The predicted octanol–water partition coefficient (Wildman–Crippen LogP) is 4.91. The molecule has 1 amide bonds. The Hall–Kier alpha value is -1.30. The summed E-state index contributed by atoms with van der Waals surface area (Å²) in [6.07, 6.45) is 2.59. The van der Waals surface area contributed by atoms with Gasteiger partial charge in [0.1, 0.15) is 5.60 Å². The minimum Gasteiger partial charge on any atom is -0.444 e. The smallest absolute Gasteiger partial charge is 0.410 e. The normalized spacial score (nSPS) is 27.7. The summed E-state index contributed by atoms with van der Waals surface area (Å²) in [6.45, 7) is 13.9. The maximum absolute atomic E-state index is 12.3. The average molecular weight is 437 g/mol. The molecule has 6 heteroatoms. The number of benzene rings is 1. The molecule has 1 N–H and O–H groups in total. The van der Waals surface area contributed by atoms with Gasteiger partial charge < -0.3 is 14.7 Å². The number of halogens is 1. The second kappa shape index (κ2) is 8.68. The van der Waals surface area contributed by atoms with Crippen molar-refractivity contribution in [3.05, 3.63) is 34.9 Å². The summed E-state index contributed by atoms with van der Waals surface area (Å²) in [4.78, 5) is 16.5. The van der Waals surface area contributed by atoms with Crippen LogP contribution in [0.15, 0.2) is 24.3 Å². The fourth-order valence-electron chi connectivity index (χ4n) is 4.84. The van der Waals surface area contributed by atoms with Gasteiger partial charge in [-0.05, 0) is 63.1 Å². The van der Waals surface area contributed by atoms with Crippen LogP contribution in [0, 0.1) is 11.3 Å². The van der Waals surface area contributed by atoms with Crippen LogP contribution in [0.5, 0.6) is 0 Å². The van der Waals surface area contributed by atoms with Crippen LogP contribution < -0.4 is 0 Å². The van der Waals surface area contributed by atoms with Gasteiger partial charge in [0.15, 0.2) is 0 Å². The van der Waals surface area contributed by atoms with Gasteiger partial charge >= 0.3 is 6.09 Å². The van der Waals surface area contributed by atoms with Crippen molar-refractivity contribution in [1.29, 1.82) is 0 Å². The highest BCUT2D eigenvalue weighted by atomic mass is 35.5. The number of ether oxygens (including phenoxy) is 1. The standard InChI is InChI=1S/C24H37ClN2O3/c1-22(2,3)30-21(28)27-14-12-26(13-15-27)16-19-10-11-23(4,5)17-24(19,29)18-6-8-20(25)9-7-18/h6-9,19,29H,10-17H2,1-5H3. The number of amides is 1. The van der Waals surface area contributed by atoms with Gasteiger partial charge in [0, 0.05) is 43.7 Å². The van der Waals surface area contributed by atoms with E-state index in [9.17, 15) is 9.90 Å². The van der Waals surface area contributed by atoms with Crippen LogP contribution in [0.1, 0.15) is 59.4 Å². The first-order valence-corrected chi connectivity index (χ1v) is 11.4.